The molecule has 0 aliphatic carbocycles. The summed E-state index contributed by atoms with van der Waals surface area (Å²) < 4.78 is 49.3. The van der Waals surface area contributed by atoms with E-state index in [0.29, 0.717) is 40.5 Å². The van der Waals surface area contributed by atoms with E-state index in [1.807, 2.05) is 25.1 Å². The van der Waals surface area contributed by atoms with Crippen molar-refractivity contribution in [2.45, 2.75) is 32.3 Å². The molecule has 5 aromatic rings. The summed E-state index contributed by atoms with van der Waals surface area (Å²) >= 11 is 0. The minimum Gasteiger partial charge on any atom is -0.478 e. The third-order valence-electron chi connectivity index (χ3n) is 6.76. The van der Waals surface area contributed by atoms with Crippen molar-refractivity contribution in [1.29, 1.82) is 0 Å². The van der Waals surface area contributed by atoms with Gasteiger partial charge in [0.2, 0.25) is 0 Å². The van der Waals surface area contributed by atoms with Gasteiger partial charge in [0.15, 0.2) is 23.3 Å². The van der Waals surface area contributed by atoms with E-state index in [-0.39, 0.29) is 24.7 Å². The van der Waals surface area contributed by atoms with Gasteiger partial charge in [0.25, 0.3) is 11.8 Å². The highest BCUT2D eigenvalue weighted by Gasteiger charge is 2.46. The molecule has 5 heterocycles. The number of aromatic nitrogens is 6. The zero-order valence-electron chi connectivity index (χ0n) is 22.7. The Morgan fingerprint density at radius 3 is 2.80 bits per heavy atom. The molecule has 1 aromatic carbocycles. The molecule has 0 unspecified atom stereocenters. The molecule has 0 radical (unpaired) electrons. The minimum atomic E-state index is -3.06. The maximum absolute atomic E-state index is 15.0. The van der Waals surface area contributed by atoms with Gasteiger partial charge in [-0.15, -0.1) is 0 Å². The summed E-state index contributed by atoms with van der Waals surface area (Å²) in [6.07, 6.45) is 6.73. The number of nitrogens with zero attached hydrogens (tertiary/aromatic N) is 7. The molecule has 0 spiro atoms. The molecule has 1 saturated heterocycles. The second kappa shape index (κ2) is 10.7. The van der Waals surface area contributed by atoms with Crippen molar-refractivity contribution in [3.8, 4) is 23.1 Å². The monoisotopic (exact) mass is 562 g/mol. The number of anilines is 2. The van der Waals surface area contributed by atoms with Gasteiger partial charge in [-0.05, 0) is 44.7 Å². The maximum atomic E-state index is 15.0. The SMILES string of the molecule is CCOc1ncc2ncnc(Nc3ccc(Oc4cnc5ccnn5c4)c(C)c3)c2c1O[C@@H]1CCN(C)CC1(F)F. The van der Waals surface area contributed by atoms with Gasteiger partial charge in [-0.1, -0.05) is 0 Å². The van der Waals surface area contributed by atoms with E-state index in [2.05, 4.69) is 30.4 Å². The van der Waals surface area contributed by atoms with Crippen molar-refractivity contribution in [3.05, 3.63) is 60.9 Å². The van der Waals surface area contributed by atoms with Crippen LogP contribution < -0.4 is 19.5 Å². The van der Waals surface area contributed by atoms with Crippen LogP contribution >= 0.6 is 0 Å². The zero-order chi connectivity index (χ0) is 28.6. The Morgan fingerprint density at radius 2 is 2.00 bits per heavy atom. The van der Waals surface area contributed by atoms with E-state index in [1.165, 1.54) is 12.5 Å². The average molecular weight is 563 g/mol. The lowest BCUT2D eigenvalue weighted by Gasteiger charge is -2.36. The van der Waals surface area contributed by atoms with Crippen molar-refractivity contribution >= 4 is 28.1 Å². The predicted octanol–water partition coefficient (Wildman–Crippen LogP) is 5.03. The van der Waals surface area contributed by atoms with Gasteiger partial charge in [0.1, 0.15) is 17.9 Å². The van der Waals surface area contributed by atoms with Crippen molar-refractivity contribution in [3.63, 3.8) is 0 Å². The molecular weight excluding hydrogens is 534 g/mol. The fraction of sp³-hybridized carbons (Fsp3) is 0.321. The Labute approximate surface area is 234 Å². The largest absolute Gasteiger partial charge is 0.478 e. The summed E-state index contributed by atoms with van der Waals surface area (Å²) in [6, 6.07) is 7.33. The molecule has 4 aromatic heterocycles. The van der Waals surface area contributed by atoms with Gasteiger partial charge >= 0.3 is 0 Å². The number of fused-ring (bicyclic) bond motifs is 2. The normalized spacial score (nSPS) is 17.0. The van der Waals surface area contributed by atoms with Crippen LogP contribution in [0.2, 0.25) is 0 Å². The average Bonchev–Trinajstić information content (AvgIpc) is 3.41. The van der Waals surface area contributed by atoms with Crippen molar-refractivity contribution in [2.24, 2.45) is 0 Å². The topological polar surface area (TPSA) is 112 Å². The van der Waals surface area contributed by atoms with E-state index < -0.39 is 18.6 Å². The number of nitrogens with one attached hydrogen (secondary N) is 1. The van der Waals surface area contributed by atoms with Crippen molar-refractivity contribution in [1.82, 2.24) is 34.4 Å². The highest BCUT2D eigenvalue weighted by Crippen LogP contribution is 2.41. The lowest BCUT2D eigenvalue weighted by molar-refractivity contribution is -0.135. The molecule has 212 valence electrons. The summed E-state index contributed by atoms with van der Waals surface area (Å²) in [6.45, 7) is 4.05. The first kappa shape index (κ1) is 26.6. The van der Waals surface area contributed by atoms with E-state index in [0.717, 1.165) is 11.2 Å². The first-order chi connectivity index (χ1) is 19.8. The molecule has 1 aliphatic rings. The molecule has 13 heteroatoms. The van der Waals surface area contributed by atoms with Crippen LogP contribution in [0.5, 0.6) is 23.1 Å². The fourth-order valence-electron chi connectivity index (χ4n) is 4.78. The lowest BCUT2D eigenvalue weighted by atomic mass is 10.0. The Bertz CT molecular complexity index is 1710. The third-order valence-corrected chi connectivity index (χ3v) is 6.76. The first-order valence-corrected chi connectivity index (χ1v) is 13.1. The van der Waals surface area contributed by atoms with Crippen molar-refractivity contribution in [2.75, 3.05) is 32.1 Å². The van der Waals surface area contributed by atoms with Gasteiger partial charge < -0.3 is 24.4 Å². The lowest BCUT2D eigenvalue weighted by Crippen LogP contribution is -2.52. The van der Waals surface area contributed by atoms with Crippen LogP contribution in [-0.4, -0.2) is 73.2 Å². The number of halogens is 2. The van der Waals surface area contributed by atoms with Gasteiger partial charge in [0.05, 0.1) is 48.8 Å². The van der Waals surface area contributed by atoms with E-state index in [4.69, 9.17) is 14.2 Å². The zero-order valence-corrected chi connectivity index (χ0v) is 22.7. The summed E-state index contributed by atoms with van der Waals surface area (Å²) in [5.41, 5.74) is 2.68. The van der Waals surface area contributed by atoms with Crippen LogP contribution in [0.3, 0.4) is 0 Å². The number of aryl methyl sites for hydroxylation is 1. The summed E-state index contributed by atoms with van der Waals surface area (Å²) in [5, 5.41) is 7.87. The van der Waals surface area contributed by atoms with Crippen LogP contribution in [0.15, 0.2) is 55.4 Å². The number of rotatable bonds is 8. The second-order valence-corrected chi connectivity index (χ2v) is 9.83. The molecular formula is C28H28F2N8O3. The smallest absolute Gasteiger partial charge is 0.296 e. The van der Waals surface area contributed by atoms with Crippen molar-refractivity contribution < 1.29 is 23.0 Å². The summed E-state index contributed by atoms with van der Waals surface area (Å²) in [7, 11) is 1.66. The molecule has 11 nitrogen and oxygen atoms in total. The van der Waals surface area contributed by atoms with Gasteiger partial charge in [0, 0.05) is 24.7 Å². The fourth-order valence-corrected chi connectivity index (χ4v) is 4.78. The molecule has 1 N–H and O–H groups in total. The van der Waals surface area contributed by atoms with E-state index >= 15 is 0 Å². The van der Waals surface area contributed by atoms with Gasteiger partial charge in [-0.25, -0.2) is 33.2 Å². The predicted molar refractivity (Wildman–Crippen MR) is 148 cm³/mol. The van der Waals surface area contributed by atoms with Gasteiger partial charge in [-0.2, -0.15) is 5.10 Å². The van der Waals surface area contributed by atoms with E-state index in [9.17, 15) is 8.78 Å². The maximum Gasteiger partial charge on any atom is 0.296 e. The molecule has 0 amide bonds. The minimum absolute atomic E-state index is 0.0832. The Kier molecular flexibility index (Phi) is 6.95. The van der Waals surface area contributed by atoms with Crippen LogP contribution in [0.4, 0.5) is 20.3 Å². The molecule has 41 heavy (non-hydrogen) atoms. The van der Waals surface area contributed by atoms with Gasteiger partial charge in [-0.3, -0.25) is 0 Å². The molecule has 6 rings (SSSR count). The quantitative estimate of drug-likeness (QED) is 0.276. The van der Waals surface area contributed by atoms with Crippen LogP contribution in [-0.2, 0) is 0 Å². The molecule has 1 aliphatic heterocycles. The molecule has 0 bridgehead atoms. The highest BCUT2D eigenvalue weighted by molar-refractivity contribution is 5.96. The number of hydrogen-bond acceptors (Lipinski definition) is 10. The van der Waals surface area contributed by atoms with Crippen LogP contribution in [0, 0.1) is 6.92 Å². The van der Waals surface area contributed by atoms with E-state index in [1.54, 1.807) is 48.0 Å². The second-order valence-electron chi connectivity index (χ2n) is 9.83. The third kappa shape index (κ3) is 5.40. The summed E-state index contributed by atoms with van der Waals surface area (Å²) in [4.78, 5) is 18.9. The Balaban J connectivity index is 1.32. The number of piperidine rings is 1. The Morgan fingerprint density at radius 1 is 1.12 bits per heavy atom. The number of hydrogen-bond donors (Lipinski definition) is 1. The number of benzene rings is 1. The number of pyridine rings is 1. The molecule has 1 fully saturated rings. The standard InChI is InChI=1S/C28H28F2N8O3/c1-4-39-27-25(41-22-8-10-37(3)15-28(22,29)30)24-20(13-32-27)33-16-34-26(24)36-18-5-6-21(17(2)11-18)40-19-12-31-23-7-9-35-38(23)14-19/h5-7,9,11-14,16,22H,4,8,10,15H2,1-3H3,(H,33,34,36)/t22-/m1/s1. The number of ether oxygens (including phenoxy) is 3. The van der Waals surface area contributed by atoms with Crippen LogP contribution in [0.25, 0.3) is 16.6 Å². The molecule has 1 atom stereocenters. The molecule has 0 saturated carbocycles. The number of likely N-dealkylation sites (tertiary alicyclic amines) is 1. The first-order valence-electron chi connectivity index (χ1n) is 13.1. The number of alkyl halides is 2. The van der Waals surface area contributed by atoms with Crippen LogP contribution in [0.1, 0.15) is 18.9 Å². The summed E-state index contributed by atoms with van der Waals surface area (Å²) in [5.74, 6) is -1.34. The Hall–Kier alpha value is -4.65. The highest BCUT2D eigenvalue weighted by atomic mass is 19.3.